The van der Waals surface area contributed by atoms with Gasteiger partial charge in [-0.25, -0.2) is 4.99 Å². The number of fused-ring (bicyclic) bond motifs is 1. The number of nitriles is 2. The van der Waals surface area contributed by atoms with Gasteiger partial charge in [-0.3, -0.25) is 5.32 Å². The molecule has 2 N–H and O–H groups in total. The zero-order valence-electron chi connectivity index (χ0n) is 9.56. The van der Waals surface area contributed by atoms with E-state index in [1.165, 1.54) is 11.8 Å². The number of nitrogens with zero attached hydrogens (tertiary/aromatic N) is 3. The van der Waals surface area contributed by atoms with Crippen LogP contribution >= 0.6 is 11.8 Å². The molecule has 0 aliphatic heterocycles. The summed E-state index contributed by atoms with van der Waals surface area (Å²) < 4.78 is 0. The molecule has 0 unspecified atom stereocenters. The standard InChI is InChI=1S/C12H9N5S/c1-18-12(16-7-14)17-11-5-8(6-13)4-10-9(11)2-3-15-10/h2-5,15H,1H3,(H,16,17). The average Bonchev–Trinajstić information content (AvgIpc) is 2.86. The number of aliphatic imine (C=N–C) groups is 1. The van der Waals surface area contributed by atoms with Crippen molar-refractivity contribution in [1.82, 2.24) is 10.3 Å². The summed E-state index contributed by atoms with van der Waals surface area (Å²) in [5, 5.41) is 21.5. The monoisotopic (exact) mass is 255 g/mol. The van der Waals surface area contributed by atoms with Crippen LogP contribution in [0.2, 0.25) is 0 Å². The first-order chi connectivity index (χ1) is 8.78. The molecular weight excluding hydrogens is 246 g/mol. The van der Waals surface area contributed by atoms with Gasteiger partial charge in [0.1, 0.15) is 0 Å². The predicted molar refractivity (Wildman–Crippen MR) is 72.4 cm³/mol. The number of nitrogens with one attached hydrogen (secondary N) is 2. The molecule has 1 heterocycles. The fourth-order valence-electron chi connectivity index (χ4n) is 1.59. The normalized spacial score (nSPS) is 10.9. The minimum Gasteiger partial charge on any atom is -0.361 e. The maximum Gasteiger partial charge on any atom is 0.183 e. The van der Waals surface area contributed by atoms with Gasteiger partial charge >= 0.3 is 0 Å². The third kappa shape index (κ3) is 2.29. The largest absolute Gasteiger partial charge is 0.361 e. The van der Waals surface area contributed by atoms with E-state index in [0.717, 1.165) is 10.9 Å². The molecular formula is C12H9N5S. The van der Waals surface area contributed by atoms with Crippen molar-refractivity contribution in [3.63, 3.8) is 0 Å². The molecule has 0 aliphatic carbocycles. The van der Waals surface area contributed by atoms with Gasteiger partial charge in [-0.15, -0.1) is 0 Å². The van der Waals surface area contributed by atoms with Crippen molar-refractivity contribution >= 4 is 33.5 Å². The molecule has 0 atom stereocenters. The molecule has 0 saturated heterocycles. The maximum absolute atomic E-state index is 8.97. The molecule has 2 aromatic rings. The second kappa shape index (κ2) is 5.26. The van der Waals surface area contributed by atoms with E-state index in [4.69, 9.17) is 10.5 Å². The van der Waals surface area contributed by atoms with Gasteiger partial charge in [0.25, 0.3) is 0 Å². The van der Waals surface area contributed by atoms with Crippen molar-refractivity contribution in [3.05, 3.63) is 30.0 Å². The Kier molecular flexibility index (Phi) is 3.52. The molecule has 0 fully saturated rings. The van der Waals surface area contributed by atoms with Crippen molar-refractivity contribution in [1.29, 1.82) is 10.5 Å². The maximum atomic E-state index is 8.97. The quantitative estimate of drug-likeness (QED) is 0.354. The SMILES string of the molecule is CSC(=Nc1cc(C#N)cc2[nH]ccc12)NC#N. The molecule has 1 aromatic heterocycles. The number of aromatic nitrogens is 1. The van der Waals surface area contributed by atoms with Crippen LogP contribution in [-0.4, -0.2) is 16.4 Å². The zero-order chi connectivity index (χ0) is 13.0. The highest BCUT2D eigenvalue weighted by atomic mass is 32.2. The Labute approximate surface area is 108 Å². The molecule has 0 bridgehead atoms. The number of hydrogen-bond acceptors (Lipinski definition) is 4. The highest BCUT2D eigenvalue weighted by molar-refractivity contribution is 8.13. The molecule has 0 spiro atoms. The van der Waals surface area contributed by atoms with E-state index >= 15 is 0 Å². The van der Waals surface area contributed by atoms with Crippen LogP contribution in [0.4, 0.5) is 5.69 Å². The van der Waals surface area contributed by atoms with Crippen molar-refractivity contribution in [2.45, 2.75) is 0 Å². The third-order valence-corrected chi connectivity index (χ3v) is 2.93. The van der Waals surface area contributed by atoms with Crippen molar-refractivity contribution in [3.8, 4) is 12.3 Å². The Hall–Kier alpha value is -2.44. The number of amidine groups is 1. The fourth-order valence-corrected chi connectivity index (χ4v) is 1.92. The van der Waals surface area contributed by atoms with Crippen LogP contribution in [0.15, 0.2) is 29.4 Å². The molecule has 0 aliphatic rings. The van der Waals surface area contributed by atoms with Crippen LogP contribution in [0, 0.1) is 22.8 Å². The van der Waals surface area contributed by atoms with Gasteiger partial charge in [0, 0.05) is 17.1 Å². The number of benzene rings is 1. The van der Waals surface area contributed by atoms with Gasteiger partial charge in [-0.1, -0.05) is 11.8 Å². The Morgan fingerprint density at radius 3 is 2.94 bits per heavy atom. The molecule has 2 rings (SSSR count). The van der Waals surface area contributed by atoms with Crippen molar-refractivity contribution in [2.75, 3.05) is 6.26 Å². The lowest BCUT2D eigenvalue weighted by atomic mass is 10.1. The van der Waals surface area contributed by atoms with Crippen LogP contribution in [-0.2, 0) is 0 Å². The number of hydrogen-bond donors (Lipinski definition) is 2. The van der Waals surface area contributed by atoms with E-state index in [0.29, 0.717) is 16.4 Å². The van der Waals surface area contributed by atoms with Crippen LogP contribution < -0.4 is 5.32 Å². The van der Waals surface area contributed by atoms with Crippen molar-refractivity contribution < 1.29 is 0 Å². The Bertz CT molecular complexity index is 687. The topological polar surface area (TPSA) is 87.8 Å². The summed E-state index contributed by atoms with van der Waals surface area (Å²) in [6.07, 6.45) is 5.45. The smallest absolute Gasteiger partial charge is 0.183 e. The number of H-pyrrole nitrogens is 1. The molecule has 6 heteroatoms. The lowest BCUT2D eigenvalue weighted by Crippen LogP contribution is -2.12. The summed E-state index contributed by atoms with van der Waals surface area (Å²) in [5.74, 6) is 0. The molecule has 1 aromatic carbocycles. The van der Waals surface area contributed by atoms with Gasteiger partial charge in [-0.2, -0.15) is 10.5 Å². The Balaban J connectivity index is 2.59. The first-order valence-electron chi connectivity index (χ1n) is 5.07. The van der Waals surface area contributed by atoms with E-state index in [1.54, 1.807) is 18.3 Å². The number of thioether (sulfide) groups is 1. The lowest BCUT2D eigenvalue weighted by Gasteiger charge is -2.02. The van der Waals surface area contributed by atoms with Crippen LogP contribution in [0.5, 0.6) is 0 Å². The first kappa shape index (κ1) is 12.0. The number of aromatic amines is 1. The van der Waals surface area contributed by atoms with Gasteiger partial charge in [0.15, 0.2) is 11.4 Å². The predicted octanol–water partition coefficient (Wildman–Crippen LogP) is 2.46. The molecule has 0 saturated carbocycles. The highest BCUT2D eigenvalue weighted by Gasteiger charge is 2.05. The highest BCUT2D eigenvalue weighted by Crippen LogP contribution is 2.27. The summed E-state index contributed by atoms with van der Waals surface area (Å²) >= 11 is 1.34. The van der Waals surface area contributed by atoms with Crippen LogP contribution in [0.3, 0.4) is 0 Å². The van der Waals surface area contributed by atoms with Crippen LogP contribution in [0.1, 0.15) is 5.56 Å². The van der Waals surface area contributed by atoms with E-state index in [2.05, 4.69) is 21.4 Å². The minimum absolute atomic E-state index is 0.495. The van der Waals surface area contributed by atoms with E-state index < -0.39 is 0 Å². The molecule has 0 amide bonds. The summed E-state index contributed by atoms with van der Waals surface area (Å²) in [6.45, 7) is 0. The molecule has 5 nitrogen and oxygen atoms in total. The fraction of sp³-hybridized carbons (Fsp3) is 0.0833. The third-order valence-electron chi connectivity index (χ3n) is 2.35. The number of rotatable bonds is 1. The molecule has 88 valence electrons. The minimum atomic E-state index is 0.495. The Morgan fingerprint density at radius 1 is 1.44 bits per heavy atom. The summed E-state index contributed by atoms with van der Waals surface area (Å²) in [7, 11) is 0. The van der Waals surface area contributed by atoms with Gasteiger partial charge in [0.2, 0.25) is 0 Å². The van der Waals surface area contributed by atoms with Gasteiger partial charge in [0.05, 0.1) is 17.3 Å². The second-order valence-corrected chi connectivity index (χ2v) is 4.20. The zero-order valence-corrected chi connectivity index (χ0v) is 10.4. The van der Waals surface area contributed by atoms with E-state index in [1.807, 2.05) is 18.5 Å². The van der Waals surface area contributed by atoms with Crippen LogP contribution in [0.25, 0.3) is 10.9 Å². The summed E-state index contributed by atoms with van der Waals surface area (Å²) in [4.78, 5) is 7.40. The Morgan fingerprint density at radius 2 is 2.28 bits per heavy atom. The molecule has 18 heavy (non-hydrogen) atoms. The summed E-state index contributed by atoms with van der Waals surface area (Å²) in [5.41, 5.74) is 2.05. The second-order valence-electron chi connectivity index (χ2n) is 3.40. The first-order valence-corrected chi connectivity index (χ1v) is 6.30. The van der Waals surface area contributed by atoms with Gasteiger partial charge < -0.3 is 4.98 Å². The lowest BCUT2D eigenvalue weighted by molar-refractivity contribution is 1.28. The molecule has 0 radical (unpaired) electrons. The average molecular weight is 255 g/mol. The van der Waals surface area contributed by atoms with Gasteiger partial charge in [-0.05, 0) is 24.5 Å². The van der Waals surface area contributed by atoms with Crippen molar-refractivity contribution in [2.24, 2.45) is 4.99 Å². The van der Waals surface area contributed by atoms with E-state index in [9.17, 15) is 0 Å². The summed E-state index contributed by atoms with van der Waals surface area (Å²) in [6, 6.07) is 7.45. The van der Waals surface area contributed by atoms with E-state index in [-0.39, 0.29) is 0 Å².